The van der Waals surface area contributed by atoms with Gasteiger partial charge in [0.05, 0.1) is 0 Å². The number of rotatable bonds is 6. The van der Waals surface area contributed by atoms with Crippen LogP contribution < -0.4 is 5.73 Å². The third-order valence-corrected chi connectivity index (χ3v) is 3.17. The molecule has 2 heteroatoms. The van der Waals surface area contributed by atoms with Crippen LogP contribution in [0.3, 0.4) is 0 Å². The summed E-state index contributed by atoms with van der Waals surface area (Å²) in [6.07, 6.45) is 5.35. The SMILES string of the molecule is C=CCCCC(N)CSC(C)(C)C. The summed E-state index contributed by atoms with van der Waals surface area (Å²) in [5.74, 6) is 1.07. The smallest absolute Gasteiger partial charge is 0.0130 e. The molecule has 0 aliphatic rings. The Balaban J connectivity index is 3.40. The Labute approximate surface area is 87.2 Å². The zero-order valence-corrected chi connectivity index (χ0v) is 9.99. The average molecular weight is 201 g/mol. The molecule has 0 rings (SSSR count). The lowest BCUT2D eigenvalue weighted by molar-refractivity contribution is 0.634. The highest BCUT2D eigenvalue weighted by Crippen LogP contribution is 2.24. The van der Waals surface area contributed by atoms with Crippen LogP contribution in [-0.2, 0) is 0 Å². The van der Waals surface area contributed by atoms with E-state index in [0.717, 1.165) is 18.6 Å². The molecule has 0 saturated heterocycles. The molecule has 0 heterocycles. The molecule has 78 valence electrons. The highest BCUT2D eigenvalue weighted by molar-refractivity contribution is 8.00. The van der Waals surface area contributed by atoms with E-state index in [0.29, 0.717) is 10.8 Å². The predicted octanol–water partition coefficient (Wildman–Crippen LogP) is 3.20. The number of hydrogen-bond donors (Lipinski definition) is 1. The summed E-state index contributed by atoms with van der Waals surface area (Å²) < 4.78 is 0.343. The van der Waals surface area contributed by atoms with Crippen molar-refractivity contribution >= 4 is 11.8 Å². The van der Waals surface area contributed by atoms with Crippen molar-refractivity contribution in [2.75, 3.05) is 5.75 Å². The Morgan fingerprint density at radius 1 is 1.46 bits per heavy atom. The quantitative estimate of drug-likeness (QED) is 0.527. The van der Waals surface area contributed by atoms with E-state index in [4.69, 9.17) is 5.73 Å². The van der Waals surface area contributed by atoms with Gasteiger partial charge in [-0.1, -0.05) is 26.8 Å². The van der Waals surface area contributed by atoms with E-state index in [1.807, 2.05) is 17.8 Å². The Hall–Kier alpha value is 0.0500. The van der Waals surface area contributed by atoms with Gasteiger partial charge < -0.3 is 5.73 Å². The van der Waals surface area contributed by atoms with E-state index < -0.39 is 0 Å². The zero-order chi connectivity index (χ0) is 10.3. The predicted molar refractivity (Wildman–Crippen MR) is 64.2 cm³/mol. The maximum Gasteiger partial charge on any atom is 0.0130 e. The molecule has 0 aliphatic heterocycles. The van der Waals surface area contributed by atoms with E-state index in [1.54, 1.807) is 0 Å². The molecule has 1 nitrogen and oxygen atoms in total. The van der Waals surface area contributed by atoms with Gasteiger partial charge in [-0.25, -0.2) is 0 Å². The van der Waals surface area contributed by atoms with Crippen molar-refractivity contribution < 1.29 is 0 Å². The summed E-state index contributed by atoms with van der Waals surface area (Å²) in [4.78, 5) is 0. The van der Waals surface area contributed by atoms with Gasteiger partial charge in [-0.2, -0.15) is 11.8 Å². The Morgan fingerprint density at radius 2 is 2.08 bits per heavy atom. The van der Waals surface area contributed by atoms with Gasteiger partial charge >= 0.3 is 0 Å². The fourth-order valence-electron chi connectivity index (χ4n) is 0.965. The van der Waals surface area contributed by atoms with Gasteiger partial charge in [-0.3, -0.25) is 0 Å². The molecule has 0 radical (unpaired) electrons. The van der Waals surface area contributed by atoms with Crippen molar-refractivity contribution in [1.29, 1.82) is 0 Å². The van der Waals surface area contributed by atoms with Crippen molar-refractivity contribution in [1.82, 2.24) is 0 Å². The zero-order valence-electron chi connectivity index (χ0n) is 9.18. The van der Waals surface area contributed by atoms with Crippen LogP contribution in [0.15, 0.2) is 12.7 Å². The van der Waals surface area contributed by atoms with Crippen LogP contribution in [0, 0.1) is 0 Å². The van der Waals surface area contributed by atoms with E-state index in [1.165, 1.54) is 6.42 Å². The van der Waals surface area contributed by atoms with Gasteiger partial charge in [-0.05, 0) is 19.3 Å². The van der Waals surface area contributed by atoms with Crippen LogP contribution in [0.5, 0.6) is 0 Å². The number of unbranched alkanes of at least 4 members (excludes halogenated alkanes) is 1. The van der Waals surface area contributed by atoms with Crippen LogP contribution in [0.25, 0.3) is 0 Å². The van der Waals surface area contributed by atoms with Gasteiger partial charge in [0.25, 0.3) is 0 Å². The number of nitrogens with two attached hydrogens (primary N) is 1. The number of hydrogen-bond acceptors (Lipinski definition) is 2. The van der Waals surface area contributed by atoms with Crippen LogP contribution in [0.4, 0.5) is 0 Å². The standard InChI is InChI=1S/C11H23NS/c1-5-6-7-8-10(12)9-13-11(2,3)4/h5,10H,1,6-9,12H2,2-4H3. The second-order valence-corrected chi connectivity index (χ2v) is 6.25. The maximum atomic E-state index is 5.97. The van der Waals surface area contributed by atoms with Crippen LogP contribution in [-0.4, -0.2) is 16.5 Å². The van der Waals surface area contributed by atoms with Crippen LogP contribution in [0.2, 0.25) is 0 Å². The molecule has 0 bridgehead atoms. The molecule has 0 aliphatic carbocycles. The molecule has 0 amide bonds. The Bertz CT molecular complexity index is 138. The highest BCUT2D eigenvalue weighted by Gasteiger charge is 2.12. The van der Waals surface area contributed by atoms with Crippen molar-refractivity contribution in [2.24, 2.45) is 5.73 Å². The molecular formula is C11H23NS. The van der Waals surface area contributed by atoms with Crippen molar-refractivity contribution in [3.8, 4) is 0 Å². The highest BCUT2D eigenvalue weighted by atomic mass is 32.2. The minimum Gasteiger partial charge on any atom is -0.327 e. The lowest BCUT2D eigenvalue weighted by Crippen LogP contribution is -2.25. The van der Waals surface area contributed by atoms with Crippen molar-refractivity contribution in [2.45, 2.75) is 50.8 Å². The first-order valence-electron chi connectivity index (χ1n) is 4.96. The molecule has 13 heavy (non-hydrogen) atoms. The first kappa shape index (κ1) is 13.1. The molecule has 2 N–H and O–H groups in total. The first-order chi connectivity index (χ1) is 5.95. The first-order valence-corrected chi connectivity index (χ1v) is 5.94. The summed E-state index contributed by atoms with van der Waals surface area (Å²) >= 11 is 1.95. The fraction of sp³-hybridized carbons (Fsp3) is 0.818. The Kier molecular flexibility index (Phi) is 6.52. The molecular weight excluding hydrogens is 178 g/mol. The van der Waals surface area contributed by atoms with Crippen LogP contribution >= 0.6 is 11.8 Å². The molecule has 0 saturated carbocycles. The maximum absolute atomic E-state index is 5.97. The monoisotopic (exact) mass is 201 g/mol. The second-order valence-electron chi connectivity index (χ2n) is 4.40. The van der Waals surface area contributed by atoms with Crippen LogP contribution in [0.1, 0.15) is 40.0 Å². The molecule has 0 aromatic rings. The van der Waals surface area contributed by atoms with E-state index >= 15 is 0 Å². The van der Waals surface area contributed by atoms with Gasteiger partial charge in [0.2, 0.25) is 0 Å². The number of allylic oxidation sites excluding steroid dienone is 1. The van der Waals surface area contributed by atoms with Crippen molar-refractivity contribution in [3.05, 3.63) is 12.7 Å². The second kappa shape index (κ2) is 6.50. The van der Waals surface area contributed by atoms with Crippen molar-refractivity contribution in [3.63, 3.8) is 0 Å². The average Bonchev–Trinajstić information content (AvgIpc) is 2.00. The summed E-state index contributed by atoms with van der Waals surface area (Å²) in [5, 5.41) is 0. The van der Waals surface area contributed by atoms with Gasteiger partial charge in [-0.15, -0.1) is 6.58 Å². The summed E-state index contributed by atoms with van der Waals surface area (Å²) in [7, 11) is 0. The van der Waals surface area contributed by atoms with E-state index in [9.17, 15) is 0 Å². The normalized spacial score (nSPS) is 14.2. The van der Waals surface area contributed by atoms with E-state index in [-0.39, 0.29) is 0 Å². The molecule has 0 spiro atoms. The molecule has 0 aromatic heterocycles. The minimum atomic E-state index is 0.343. The minimum absolute atomic E-state index is 0.343. The number of thioether (sulfide) groups is 1. The lowest BCUT2D eigenvalue weighted by Gasteiger charge is -2.20. The van der Waals surface area contributed by atoms with Gasteiger partial charge in [0.15, 0.2) is 0 Å². The fourth-order valence-corrected chi connectivity index (χ4v) is 1.85. The summed E-state index contributed by atoms with van der Waals surface area (Å²) in [5.41, 5.74) is 5.97. The molecule has 0 aromatic carbocycles. The molecule has 0 fully saturated rings. The lowest BCUT2D eigenvalue weighted by atomic mass is 10.1. The third kappa shape index (κ3) is 9.97. The third-order valence-electron chi connectivity index (χ3n) is 1.71. The molecule has 1 atom stereocenters. The summed E-state index contributed by atoms with van der Waals surface area (Å²) in [6.45, 7) is 10.4. The largest absolute Gasteiger partial charge is 0.327 e. The van der Waals surface area contributed by atoms with Gasteiger partial charge in [0.1, 0.15) is 0 Å². The van der Waals surface area contributed by atoms with E-state index in [2.05, 4.69) is 27.4 Å². The van der Waals surface area contributed by atoms with Gasteiger partial charge in [0, 0.05) is 16.5 Å². The summed E-state index contributed by atoms with van der Waals surface area (Å²) in [6, 6.07) is 0.351. The molecule has 1 unspecified atom stereocenters. The Morgan fingerprint density at radius 3 is 2.54 bits per heavy atom. The topological polar surface area (TPSA) is 26.0 Å².